The zero-order valence-corrected chi connectivity index (χ0v) is 19.3. The van der Waals surface area contributed by atoms with Crippen LogP contribution >= 0.6 is 0 Å². The van der Waals surface area contributed by atoms with Gasteiger partial charge in [0.15, 0.2) is 0 Å². The van der Waals surface area contributed by atoms with Gasteiger partial charge >= 0.3 is 0 Å². The van der Waals surface area contributed by atoms with Crippen LogP contribution in [-0.4, -0.2) is 60.0 Å². The lowest BCUT2D eigenvalue weighted by Crippen LogP contribution is -2.31. The van der Waals surface area contributed by atoms with Gasteiger partial charge in [-0.05, 0) is 85.9 Å². The Morgan fingerprint density at radius 1 is 0.970 bits per heavy atom. The lowest BCUT2D eigenvalue weighted by Gasteiger charge is -2.26. The molecule has 0 radical (unpaired) electrons. The SMILES string of the molecule is O=C(c1ccc2cc(OCCCN3CCCCC3)ccc2c1)N1CCC(c2ccccn2)C1. The molecule has 0 spiro atoms. The summed E-state index contributed by atoms with van der Waals surface area (Å²) in [5, 5.41) is 2.18. The smallest absolute Gasteiger partial charge is 0.253 e. The van der Waals surface area contributed by atoms with Crippen molar-refractivity contribution in [2.45, 2.75) is 38.0 Å². The van der Waals surface area contributed by atoms with Crippen LogP contribution in [0.3, 0.4) is 0 Å². The first-order valence-electron chi connectivity index (χ1n) is 12.4. The minimum absolute atomic E-state index is 0.105. The van der Waals surface area contributed by atoms with E-state index in [1.807, 2.05) is 47.5 Å². The predicted octanol–water partition coefficient (Wildman–Crippen LogP) is 5.12. The van der Waals surface area contributed by atoms with Gasteiger partial charge in [0.2, 0.25) is 0 Å². The zero-order valence-electron chi connectivity index (χ0n) is 19.3. The highest BCUT2D eigenvalue weighted by Gasteiger charge is 2.28. The number of hydrogen-bond acceptors (Lipinski definition) is 4. The maximum atomic E-state index is 13.1. The van der Waals surface area contributed by atoms with E-state index >= 15 is 0 Å². The normalized spacial score (nSPS) is 19.2. The molecule has 2 aliphatic heterocycles. The van der Waals surface area contributed by atoms with Gasteiger partial charge in [-0.25, -0.2) is 0 Å². The number of nitrogens with zero attached hydrogens (tertiary/aromatic N) is 3. The Hall–Kier alpha value is -2.92. The lowest BCUT2D eigenvalue weighted by atomic mass is 10.0. The molecule has 33 heavy (non-hydrogen) atoms. The van der Waals surface area contributed by atoms with E-state index in [0.717, 1.165) is 66.9 Å². The van der Waals surface area contributed by atoms with Crippen LogP contribution in [0.2, 0.25) is 0 Å². The minimum Gasteiger partial charge on any atom is -0.494 e. The number of benzene rings is 2. The number of pyridine rings is 1. The van der Waals surface area contributed by atoms with Gasteiger partial charge in [-0.15, -0.1) is 0 Å². The Bertz CT molecular complexity index is 1080. The maximum Gasteiger partial charge on any atom is 0.253 e. The van der Waals surface area contributed by atoms with Crippen molar-refractivity contribution in [1.82, 2.24) is 14.8 Å². The Kier molecular flexibility index (Phi) is 6.87. The summed E-state index contributed by atoms with van der Waals surface area (Å²) < 4.78 is 6.01. The summed E-state index contributed by atoms with van der Waals surface area (Å²) in [5.41, 5.74) is 1.83. The van der Waals surface area contributed by atoms with Crippen LogP contribution in [0.4, 0.5) is 0 Å². The van der Waals surface area contributed by atoms with E-state index in [2.05, 4.69) is 28.1 Å². The molecule has 2 aliphatic rings. The fraction of sp³-hybridized carbons (Fsp3) is 0.429. The molecule has 0 bridgehead atoms. The number of aromatic nitrogens is 1. The first-order chi connectivity index (χ1) is 16.3. The van der Waals surface area contributed by atoms with Gasteiger partial charge in [0.1, 0.15) is 5.75 Å². The lowest BCUT2D eigenvalue weighted by molar-refractivity contribution is 0.0791. The van der Waals surface area contributed by atoms with E-state index in [-0.39, 0.29) is 5.91 Å². The summed E-state index contributed by atoms with van der Waals surface area (Å²) in [6, 6.07) is 18.2. The molecule has 1 aromatic heterocycles. The zero-order chi connectivity index (χ0) is 22.5. The second kappa shape index (κ2) is 10.3. The third-order valence-electron chi connectivity index (χ3n) is 6.98. The minimum atomic E-state index is 0.105. The second-order valence-electron chi connectivity index (χ2n) is 9.32. The molecule has 0 aliphatic carbocycles. The molecule has 3 aromatic rings. The summed E-state index contributed by atoms with van der Waals surface area (Å²) in [4.78, 5) is 22.1. The number of amides is 1. The van der Waals surface area contributed by atoms with E-state index in [1.165, 1.54) is 32.4 Å². The molecule has 1 unspecified atom stereocenters. The molecule has 2 saturated heterocycles. The third kappa shape index (κ3) is 5.36. The molecule has 0 saturated carbocycles. The van der Waals surface area contributed by atoms with Crippen LogP contribution in [-0.2, 0) is 0 Å². The monoisotopic (exact) mass is 443 g/mol. The van der Waals surface area contributed by atoms with Crippen LogP contribution < -0.4 is 4.74 Å². The second-order valence-corrected chi connectivity index (χ2v) is 9.32. The van der Waals surface area contributed by atoms with E-state index in [9.17, 15) is 4.79 Å². The molecular formula is C28H33N3O2. The summed E-state index contributed by atoms with van der Waals surface area (Å²) in [6.45, 7) is 5.85. The van der Waals surface area contributed by atoms with E-state index in [1.54, 1.807) is 0 Å². The summed E-state index contributed by atoms with van der Waals surface area (Å²) in [7, 11) is 0. The largest absolute Gasteiger partial charge is 0.494 e. The first-order valence-corrected chi connectivity index (χ1v) is 12.4. The van der Waals surface area contributed by atoms with Crippen molar-refractivity contribution in [2.24, 2.45) is 0 Å². The highest BCUT2D eigenvalue weighted by molar-refractivity contribution is 5.99. The number of piperidine rings is 1. The van der Waals surface area contributed by atoms with Gasteiger partial charge < -0.3 is 14.5 Å². The third-order valence-corrected chi connectivity index (χ3v) is 6.98. The highest BCUT2D eigenvalue weighted by atomic mass is 16.5. The van der Waals surface area contributed by atoms with E-state index < -0.39 is 0 Å². The molecule has 2 aromatic carbocycles. The number of ether oxygens (including phenoxy) is 1. The van der Waals surface area contributed by atoms with Gasteiger partial charge in [0, 0.05) is 43.0 Å². The maximum absolute atomic E-state index is 13.1. The molecule has 5 nitrogen and oxygen atoms in total. The molecule has 0 N–H and O–H groups in total. The average Bonchev–Trinajstić information content (AvgIpc) is 3.37. The van der Waals surface area contributed by atoms with Gasteiger partial charge in [0.05, 0.1) is 6.61 Å². The van der Waals surface area contributed by atoms with Gasteiger partial charge in [-0.3, -0.25) is 9.78 Å². The Morgan fingerprint density at radius 3 is 2.67 bits per heavy atom. The van der Waals surface area contributed by atoms with Crippen molar-refractivity contribution in [1.29, 1.82) is 0 Å². The standard InChI is InChI=1S/C28H33N3O2/c32-28(31-17-12-25(21-31)27-7-2-3-13-29-27)24-9-8-23-20-26(11-10-22(23)19-24)33-18-6-16-30-14-4-1-5-15-30/h2-3,7-11,13,19-20,25H,1,4-6,12,14-18,21H2. The highest BCUT2D eigenvalue weighted by Crippen LogP contribution is 2.28. The number of carbonyl (C=O) groups is 1. The number of likely N-dealkylation sites (tertiary alicyclic amines) is 2. The number of carbonyl (C=O) groups excluding carboxylic acids is 1. The fourth-order valence-corrected chi connectivity index (χ4v) is 5.09. The van der Waals surface area contributed by atoms with Crippen molar-refractivity contribution in [3.05, 3.63) is 72.1 Å². The molecular weight excluding hydrogens is 410 g/mol. The molecule has 3 heterocycles. The molecule has 172 valence electrons. The summed E-state index contributed by atoms with van der Waals surface area (Å²) in [6.07, 6.45) is 7.89. The number of fused-ring (bicyclic) bond motifs is 1. The van der Waals surface area contributed by atoms with Crippen LogP contribution in [0.15, 0.2) is 60.8 Å². The quantitative estimate of drug-likeness (QED) is 0.476. The summed E-state index contributed by atoms with van der Waals surface area (Å²) >= 11 is 0. The Balaban J connectivity index is 1.17. The van der Waals surface area contributed by atoms with Crippen molar-refractivity contribution < 1.29 is 9.53 Å². The van der Waals surface area contributed by atoms with Crippen LogP contribution in [0.1, 0.15) is 54.1 Å². The number of hydrogen-bond donors (Lipinski definition) is 0. The van der Waals surface area contributed by atoms with Gasteiger partial charge in [-0.1, -0.05) is 24.6 Å². The molecule has 1 atom stereocenters. The van der Waals surface area contributed by atoms with Crippen molar-refractivity contribution in [2.75, 3.05) is 39.3 Å². The van der Waals surface area contributed by atoms with Gasteiger partial charge in [0.25, 0.3) is 5.91 Å². The number of rotatable bonds is 7. The molecule has 5 heteroatoms. The van der Waals surface area contributed by atoms with E-state index in [0.29, 0.717) is 5.92 Å². The predicted molar refractivity (Wildman–Crippen MR) is 132 cm³/mol. The molecule has 1 amide bonds. The van der Waals surface area contributed by atoms with Gasteiger partial charge in [-0.2, -0.15) is 0 Å². The Labute approximate surface area is 196 Å². The van der Waals surface area contributed by atoms with Crippen LogP contribution in [0.25, 0.3) is 10.8 Å². The first kappa shape index (κ1) is 21.9. The van der Waals surface area contributed by atoms with Crippen LogP contribution in [0, 0.1) is 0 Å². The topological polar surface area (TPSA) is 45.7 Å². The van der Waals surface area contributed by atoms with E-state index in [4.69, 9.17) is 4.74 Å². The molecule has 5 rings (SSSR count). The molecule has 2 fully saturated rings. The average molecular weight is 444 g/mol. The van der Waals surface area contributed by atoms with Crippen LogP contribution in [0.5, 0.6) is 5.75 Å². The summed E-state index contributed by atoms with van der Waals surface area (Å²) in [5.74, 6) is 1.33. The Morgan fingerprint density at radius 2 is 1.82 bits per heavy atom. The fourth-order valence-electron chi connectivity index (χ4n) is 5.09. The van der Waals surface area contributed by atoms with Crippen molar-refractivity contribution in [3.63, 3.8) is 0 Å². The van der Waals surface area contributed by atoms with Crippen molar-refractivity contribution in [3.8, 4) is 5.75 Å². The van der Waals surface area contributed by atoms with Crippen molar-refractivity contribution >= 4 is 16.7 Å².